The first-order valence-corrected chi connectivity index (χ1v) is 25.4. The van der Waals surface area contributed by atoms with Gasteiger partial charge in [-0.3, -0.25) is 9.35 Å². The van der Waals surface area contributed by atoms with E-state index in [4.69, 9.17) is 45.0 Å². The minimum absolute atomic E-state index is 0.583. The number of ether oxygens (including phenoxy) is 2. The van der Waals surface area contributed by atoms with Crippen molar-refractivity contribution in [1.82, 2.24) is 0 Å². The van der Waals surface area contributed by atoms with E-state index in [0.717, 1.165) is 52.3 Å². The summed E-state index contributed by atoms with van der Waals surface area (Å²) >= 11 is 7.66. The third-order valence-corrected chi connectivity index (χ3v) is 4.24. The molecule has 2 aliphatic rings. The zero-order valence-electron chi connectivity index (χ0n) is 48.5. The van der Waals surface area contributed by atoms with Crippen LogP contribution in [0.5, 0.6) is 0 Å². The number of carbonyl (C=O) groups is 2. The first-order valence-electron chi connectivity index (χ1n) is 22.2. The lowest BCUT2D eigenvalue weighted by Gasteiger charge is -1.90. The number of rotatable bonds is 5. The van der Waals surface area contributed by atoms with Crippen molar-refractivity contribution in [3.8, 4) is 24.7 Å². The number of aliphatic imine (C=N–C) groups is 2. The number of aldehydes is 1. The molecule has 2 rings (SSSR count). The molecule has 2 heterocycles. The summed E-state index contributed by atoms with van der Waals surface area (Å²) in [5.74, 6) is 4.73. The van der Waals surface area contributed by atoms with Gasteiger partial charge < -0.3 is 30.2 Å². The van der Waals surface area contributed by atoms with E-state index in [2.05, 4.69) is 157 Å². The Hall–Kier alpha value is -3.76. The standard InChI is InChI=1S/C6H12.C5H12.C5H10.C4H8O.2C4H8.C4H6.C3H6O.C3H6.C3H4.C2H3NO.C2H3NS.C2H4O2.C2H4O.CH5N.CH4O3S.CH4O.CH4S/c1-3-5-6-4-2;1-4-5(2)3;1-3-5-4-2;1-2-4-3-5-4;1-4(2)3;2*1-3-4-2;1-3-2-4-3;2*1-3-2;2*1-3-2-4;1-2(3)4;1-2-3;1-2;1-5(2,3)4;2*1-2/h3,5H,4,6H2,1-2H3;5H,4H2,1-3H3;3,5H,4H2,1-2H3;4H,2-3H2,1H3;1H2,2-3H3;3-4H,1-2H3;1H,4H2,2H3;3H,2H2,1H3;3H,1H2,2H3;1H,2H3;2*1H3;1H3,(H,3,4);2H,1H3;2H2,1H3;1H3,(H,2,3,4);2*2H,1H3. The Balaban J connectivity index is -0.0000000310. The fourth-order valence-electron chi connectivity index (χ4n) is 0.969. The largest absolute Gasteiger partial charge is 0.481 e. The van der Waals surface area contributed by atoms with E-state index in [0.29, 0.717) is 18.5 Å². The number of carboxylic acids is 1. The van der Waals surface area contributed by atoms with Gasteiger partial charge in [0.25, 0.3) is 16.1 Å². The summed E-state index contributed by atoms with van der Waals surface area (Å²) in [5, 5.41) is 16.6. The number of carbonyl (C=O) groups excluding carboxylic acids is 2. The monoisotopic (exact) mass is 1050 g/mol. The number of hydrogen-bond donors (Lipinski definition) is 5. The Morgan fingerprint density at radius 3 is 1.13 bits per heavy atom. The van der Waals surface area contributed by atoms with Crippen molar-refractivity contribution in [2.75, 3.05) is 54.0 Å². The molecule has 0 aliphatic carbocycles. The number of aliphatic carboxylic acids is 1. The number of nitrogens with zero attached hydrogens (tertiary/aromatic N) is 2. The van der Waals surface area contributed by atoms with Crippen molar-refractivity contribution in [2.24, 2.45) is 21.6 Å². The van der Waals surface area contributed by atoms with E-state index in [1.807, 2.05) is 60.6 Å². The maximum Gasteiger partial charge on any atom is 0.300 e. The number of isocyanates is 1. The maximum atomic E-state index is 9.19. The summed E-state index contributed by atoms with van der Waals surface area (Å²) < 4.78 is 35.4. The van der Waals surface area contributed by atoms with Crippen LogP contribution in [0, 0.1) is 30.6 Å². The molecule has 2 atom stereocenters. The lowest BCUT2D eigenvalue weighted by Crippen LogP contribution is -1.88. The Labute approximate surface area is 440 Å². The molecule has 0 aromatic rings. The molecule has 0 aromatic heterocycles. The normalized spacial score (nSPS) is 10.8. The maximum absolute atomic E-state index is 9.19. The summed E-state index contributed by atoms with van der Waals surface area (Å²) in [4.78, 5) is 32.9. The van der Waals surface area contributed by atoms with Crippen molar-refractivity contribution in [3.05, 3.63) is 61.3 Å². The van der Waals surface area contributed by atoms with Gasteiger partial charge in [0.05, 0.1) is 36.8 Å². The third-order valence-electron chi connectivity index (χ3n) is 4.06. The molecule has 69 heavy (non-hydrogen) atoms. The molecule has 13 nitrogen and oxygen atoms in total. The van der Waals surface area contributed by atoms with Crippen molar-refractivity contribution in [2.45, 2.75) is 175 Å². The number of nitrogens with two attached hydrogens (primary N) is 1. The summed E-state index contributed by atoms with van der Waals surface area (Å²) in [6.45, 7) is 44.1. The van der Waals surface area contributed by atoms with Crippen LogP contribution in [-0.2, 0) is 34.0 Å². The van der Waals surface area contributed by atoms with E-state index in [-0.39, 0.29) is 0 Å². The summed E-state index contributed by atoms with van der Waals surface area (Å²) in [7, 11) is 1.81. The molecule has 2 fully saturated rings. The molecule has 0 bridgehead atoms. The highest BCUT2D eigenvalue weighted by atomic mass is 32.2. The number of thiol groups is 1. The number of aliphatic hydroxyl groups is 1. The zero-order valence-corrected chi connectivity index (χ0v) is 51.0. The SMILES string of the molecule is C#CC.C#CCC.C=C(C)C.C=CC.CC(=O)O.CC1CO1.CC=CC.CC=CCC.CC=CCCC.CC=O.CCC(C)C.CCC1CO1.CN.CN=C=O.CN=C=S.CO.CS.CS(=O)(=O)O. The molecule has 0 saturated carbocycles. The number of terminal acetylenes is 2. The molecule has 2 aliphatic heterocycles. The molecule has 416 valence electrons. The third kappa shape index (κ3) is 1070. The lowest BCUT2D eigenvalue weighted by molar-refractivity contribution is -0.134. The van der Waals surface area contributed by atoms with Gasteiger partial charge in [-0.25, -0.2) is 14.8 Å². The number of carboxylic acid groups (broad SMARTS) is 1. The van der Waals surface area contributed by atoms with Crippen LogP contribution >= 0.6 is 24.8 Å². The molecule has 0 aromatic carbocycles. The molecule has 0 spiro atoms. The van der Waals surface area contributed by atoms with Crippen LogP contribution in [0.3, 0.4) is 0 Å². The van der Waals surface area contributed by atoms with E-state index < -0.39 is 16.1 Å². The van der Waals surface area contributed by atoms with Gasteiger partial charge in [-0.1, -0.05) is 109 Å². The van der Waals surface area contributed by atoms with E-state index in [1.165, 1.54) is 58.4 Å². The molecule has 0 amide bonds. The number of aliphatic hydroxyl groups excluding tert-OH is 1. The molecular weight excluding hydrogens is 935 g/mol. The first-order chi connectivity index (χ1) is 32.3. The molecular formula is C53H111N3O10S3. The van der Waals surface area contributed by atoms with Gasteiger partial charge in [-0.2, -0.15) is 21.0 Å². The Morgan fingerprint density at radius 2 is 1.12 bits per heavy atom. The summed E-state index contributed by atoms with van der Waals surface area (Å²) in [6.07, 6.45) is 36.3. The van der Waals surface area contributed by atoms with Gasteiger partial charge in [0.15, 0.2) is 0 Å². The van der Waals surface area contributed by atoms with Crippen molar-refractivity contribution in [3.63, 3.8) is 0 Å². The highest BCUT2D eigenvalue weighted by Gasteiger charge is 2.18. The average Bonchev–Trinajstić information content (AvgIpc) is 4.27. The van der Waals surface area contributed by atoms with Crippen LogP contribution in [0.15, 0.2) is 71.2 Å². The topological polar surface area (TPSA) is 222 Å². The van der Waals surface area contributed by atoms with Crippen LogP contribution in [0.4, 0.5) is 0 Å². The van der Waals surface area contributed by atoms with Crippen LogP contribution < -0.4 is 5.73 Å². The lowest BCUT2D eigenvalue weighted by atomic mass is 10.2. The average molecular weight is 1050 g/mol. The molecule has 2 saturated heterocycles. The van der Waals surface area contributed by atoms with Crippen molar-refractivity contribution in [1.29, 1.82) is 0 Å². The number of isothiocyanates is 1. The van der Waals surface area contributed by atoms with Crippen LogP contribution in [0.1, 0.15) is 163 Å². The molecule has 2 unspecified atom stereocenters. The minimum atomic E-state index is -3.67. The number of allylic oxidation sites excluding steroid dienone is 8. The molecule has 0 radical (unpaired) electrons. The van der Waals surface area contributed by atoms with Gasteiger partial charge in [0.1, 0.15) is 6.29 Å². The zero-order chi connectivity index (χ0) is 59.4. The number of hydrogen-bond acceptors (Lipinski definition) is 13. The Morgan fingerprint density at radius 1 is 0.899 bits per heavy atom. The second-order valence-electron chi connectivity index (χ2n) is 11.9. The number of thiocarbonyl (C=S) groups is 1. The molecule has 16 heteroatoms. The second kappa shape index (κ2) is 151. The second-order valence-corrected chi connectivity index (χ2v) is 13.5. The fourth-order valence-corrected chi connectivity index (χ4v) is 0.969. The minimum Gasteiger partial charge on any atom is -0.481 e. The fraction of sp³-hybridized carbons (Fsp3) is 0.660. The van der Waals surface area contributed by atoms with Gasteiger partial charge in [0, 0.05) is 34.5 Å². The quantitative estimate of drug-likeness (QED) is 0.0200. The van der Waals surface area contributed by atoms with Gasteiger partial charge in [-0.05, 0) is 120 Å². The first kappa shape index (κ1) is 111. The summed E-state index contributed by atoms with van der Waals surface area (Å²) in [5.41, 5.74) is 5.67. The Kier molecular flexibility index (Phi) is 243. The Bertz CT molecular complexity index is 1170. The highest BCUT2D eigenvalue weighted by Crippen LogP contribution is 2.10. The molecule has 5 N–H and O–H groups in total. The highest BCUT2D eigenvalue weighted by molar-refractivity contribution is 7.85. The van der Waals surface area contributed by atoms with E-state index >= 15 is 0 Å². The van der Waals surface area contributed by atoms with Gasteiger partial charge in [-0.15, -0.1) is 37.8 Å². The number of unbranched alkanes of at least 4 members (excludes halogenated alkanes) is 1. The van der Waals surface area contributed by atoms with Crippen LogP contribution in [0.2, 0.25) is 0 Å². The van der Waals surface area contributed by atoms with E-state index in [1.54, 1.807) is 26.3 Å². The smallest absolute Gasteiger partial charge is 0.300 e. The predicted molar refractivity (Wildman–Crippen MR) is 317 cm³/mol. The predicted octanol–water partition coefficient (Wildman–Crippen LogP) is 13.8. The van der Waals surface area contributed by atoms with Crippen molar-refractivity contribution < 1.29 is 47.0 Å². The van der Waals surface area contributed by atoms with Gasteiger partial charge >= 0.3 is 0 Å². The summed E-state index contributed by atoms with van der Waals surface area (Å²) in [6, 6.07) is 0. The van der Waals surface area contributed by atoms with Gasteiger partial charge in [0.2, 0.25) is 6.08 Å². The van der Waals surface area contributed by atoms with Crippen molar-refractivity contribution >= 4 is 58.5 Å². The van der Waals surface area contributed by atoms with E-state index in [9.17, 15) is 8.42 Å². The van der Waals surface area contributed by atoms with Crippen LogP contribution in [-0.4, -0.2) is 113 Å². The van der Waals surface area contributed by atoms with Crippen LogP contribution in [0.25, 0.3) is 0 Å². The number of epoxide rings is 2.